The zero-order valence-corrected chi connectivity index (χ0v) is 16.8. The Bertz CT molecular complexity index is 1120. The second kappa shape index (κ2) is 7.59. The Labute approximate surface area is 166 Å². The Kier molecular flexibility index (Phi) is 5.53. The number of aryl methyl sites for hydroxylation is 2. The Balaban J connectivity index is 1.75. The number of hydrogen-bond donors (Lipinski definition) is 1. The molecule has 0 aliphatic carbocycles. The fourth-order valence-corrected chi connectivity index (χ4v) is 4.43. The molecule has 0 saturated heterocycles. The minimum absolute atomic E-state index is 0.0576. The lowest BCUT2D eigenvalue weighted by Gasteiger charge is -2.10. The summed E-state index contributed by atoms with van der Waals surface area (Å²) in [4.78, 5) is 30.8. The van der Waals surface area contributed by atoms with Gasteiger partial charge >= 0.3 is 6.18 Å². The predicted octanol–water partition coefficient (Wildman–Crippen LogP) is 4.36. The predicted molar refractivity (Wildman–Crippen MR) is 105 cm³/mol. The van der Waals surface area contributed by atoms with E-state index in [1.54, 1.807) is 7.05 Å². The van der Waals surface area contributed by atoms with Gasteiger partial charge in [0.1, 0.15) is 4.83 Å². The van der Waals surface area contributed by atoms with E-state index >= 15 is 0 Å². The number of rotatable bonds is 4. The van der Waals surface area contributed by atoms with Gasteiger partial charge in [-0.1, -0.05) is 17.8 Å². The van der Waals surface area contributed by atoms with Crippen LogP contribution in [0.4, 0.5) is 18.9 Å². The molecule has 3 aromatic rings. The summed E-state index contributed by atoms with van der Waals surface area (Å²) in [6.07, 6.45) is -4.48. The van der Waals surface area contributed by atoms with E-state index in [1.165, 1.54) is 28.0 Å². The van der Waals surface area contributed by atoms with Crippen molar-refractivity contribution in [1.82, 2.24) is 9.55 Å². The lowest BCUT2D eigenvalue weighted by atomic mass is 10.2. The Morgan fingerprint density at radius 3 is 2.71 bits per heavy atom. The summed E-state index contributed by atoms with van der Waals surface area (Å²) in [5.41, 5.74) is -0.0716. The maximum atomic E-state index is 12.8. The van der Waals surface area contributed by atoms with Gasteiger partial charge in [0.25, 0.3) is 5.56 Å². The van der Waals surface area contributed by atoms with E-state index in [0.717, 1.165) is 34.3 Å². The van der Waals surface area contributed by atoms with Gasteiger partial charge in [0.2, 0.25) is 5.91 Å². The van der Waals surface area contributed by atoms with Gasteiger partial charge in [-0.15, -0.1) is 11.3 Å². The Morgan fingerprint density at radius 2 is 2.04 bits per heavy atom. The van der Waals surface area contributed by atoms with Crippen molar-refractivity contribution in [1.29, 1.82) is 0 Å². The van der Waals surface area contributed by atoms with Crippen LogP contribution in [0.5, 0.6) is 0 Å². The van der Waals surface area contributed by atoms with Gasteiger partial charge in [-0.3, -0.25) is 14.2 Å². The van der Waals surface area contributed by atoms with Gasteiger partial charge in [0, 0.05) is 17.6 Å². The molecule has 2 heterocycles. The molecule has 0 radical (unpaired) electrons. The van der Waals surface area contributed by atoms with Crippen LogP contribution >= 0.6 is 23.1 Å². The van der Waals surface area contributed by atoms with Crippen molar-refractivity contribution >= 4 is 44.9 Å². The number of carbonyl (C=O) groups excluding carboxylic acids is 1. The summed E-state index contributed by atoms with van der Waals surface area (Å²) in [6, 6.07) is 4.42. The van der Waals surface area contributed by atoms with Gasteiger partial charge in [0.15, 0.2) is 5.16 Å². The number of aromatic nitrogens is 2. The summed E-state index contributed by atoms with van der Waals surface area (Å²) in [7, 11) is 1.58. The van der Waals surface area contributed by atoms with Crippen molar-refractivity contribution in [3.63, 3.8) is 0 Å². The minimum Gasteiger partial charge on any atom is -0.325 e. The zero-order chi connectivity index (χ0) is 20.6. The molecule has 0 spiro atoms. The fraction of sp³-hybridized carbons (Fsp3) is 0.278. The first-order valence-electron chi connectivity index (χ1n) is 8.14. The molecule has 28 heavy (non-hydrogen) atoms. The van der Waals surface area contributed by atoms with E-state index < -0.39 is 17.6 Å². The molecular weight excluding hydrogens is 411 g/mol. The lowest BCUT2D eigenvalue weighted by molar-refractivity contribution is -0.137. The number of fused-ring (bicyclic) bond motifs is 1. The number of alkyl halides is 3. The third-order valence-corrected chi connectivity index (χ3v) is 6.31. The standard InChI is InChI=1S/C18H16F3N3O2S2/c1-9-10(2)28-15-14(9)16(26)24(3)17(23-15)27-8-13(25)22-12-6-4-5-11(7-12)18(19,20)21/h4-7H,8H2,1-3H3,(H,22,25). The molecule has 0 fully saturated rings. The largest absolute Gasteiger partial charge is 0.416 e. The van der Waals surface area contributed by atoms with Crippen LogP contribution in [0.3, 0.4) is 0 Å². The molecule has 148 valence electrons. The molecular formula is C18H16F3N3O2S2. The molecule has 1 aromatic carbocycles. The topological polar surface area (TPSA) is 64.0 Å². The van der Waals surface area contributed by atoms with Crippen molar-refractivity contribution in [2.45, 2.75) is 25.2 Å². The molecule has 0 atom stereocenters. The van der Waals surface area contributed by atoms with Crippen LogP contribution in [0.25, 0.3) is 10.2 Å². The van der Waals surface area contributed by atoms with Crippen LogP contribution in [0, 0.1) is 13.8 Å². The van der Waals surface area contributed by atoms with E-state index in [0.29, 0.717) is 15.4 Å². The summed E-state index contributed by atoms with van der Waals surface area (Å²) in [6.45, 7) is 3.78. The van der Waals surface area contributed by atoms with Crippen molar-refractivity contribution in [3.05, 3.63) is 50.6 Å². The average molecular weight is 427 g/mol. The number of halogens is 3. The highest BCUT2D eigenvalue weighted by molar-refractivity contribution is 7.99. The van der Waals surface area contributed by atoms with Crippen LogP contribution in [0.2, 0.25) is 0 Å². The van der Waals surface area contributed by atoms with E-state index in [1.807, 2.05) is 13.8 Å². The smallest absolute Gasteiger partial charge is 0.325 e. The fourth-order valence-electron chi connectivity index (χ4n) is 2.59. The number of hydrogen-bond acceptors (Lipinski definition) is 5. The van der Waals surface area contributed by atoms with Crippen LogP contribution in [-0.4, -0.2) is 21.2 Å². The number of anilines is 1. The van der Waals surface area contributed by atoms with Crippen molar-refractivity contribution in [3.8, 4) is 0 Å². The second-order valence-electron chi connectivity index (χ2n) is 6.14. The second-order valence-corrected chi connectivity index (χ2v) is 8.28. The maximum absolute atomic E-state index is 12.8. The van der Waals surface area contributed by atoms with Crippen LogP contribution in [0.15, 0.2) is 34.2 Å². The molecule has 10 heteroatoms. The first-order valence-corrected chi connectivity index (χ1v) is 9.94. The number of nitrogens with one attached hydrogen (secondary N) is 1. The molecule has 0 saturated carbocycles. The van der Waals surface area contributed by atoms with Gasteiger partial charge in [-0.25, -0.2) is 4.98 Å². The highest BCUT2D eigenvalue weighted by Gasteiger charge is 2.30. The van der Waals surface area contributed by atoms with E-state index in [9.17, 15) is 22.8 Å². The van der Waals surface area contributed by atoms with Gasteiger partial charge in [-0.2, -0.15) is 13.2 Å². The van der Waals surface area contributed by atoms with Crippen LogP contribution in [0.1, 0.15) is 16.0 Å². The first kappa shape index (κ1) is 20.4. The number of carbonyl (C=O) groups is 1. The van der Waals surface area contributed by atoms with E-state index in [2.05, 4.69) is 10.3 Å². The average Bonchev–Trinajstić information content (AvgIpc) is 2.90. The summed E-state index contributed by atoms with van der Waals surface area (Å²) in [5.74, 6) is -0.581. The van der Waals surface area contributed by atoms with Crippen molar-refractivity contribution < 1.29 is 18.0 Å². The highest BCUT2D eigenvalue weighted by Crippen LogP contribution is 2.31. The van der Waals surface area contributed by atoms with Crippen LogP contribution in [-0.2, 0) is 18.0 Å². The van der Waals surface area contributed by atoms with E-state index in [-0.39, 0.29) is 17.0 Å². The Morgan fingerprint density at radius 1 is 1.32 bits per heavy atom. The van der Waals surface area contributed by atoms with Gasteiger partial charge < -0.3 is 5.32 Å². The number of amides is 1. The first-order chi connectivity index (χ1) is 13.1. The van der Waals surface area contributed by atoms with Crippen LogP contribution < -0.4 is 10.9 Å². The highest BCUT2D eigenvalue weighted by atomic mass is 32.2. The number of thioether (sulfide) groups is 1. The minimum atomic E-state index is -4.48. The molecule has 0 bridgehead atoms. The molecule has 5 nitrogen and oxygen atoms in total. The monoisotopic (exact) mass is 427 g/mol. The molecule has 2 aromatic heterocycles. The molecule has 1 amide bonds. The van der Waals surface area contributed by atoms with Gasteiger partial charge in [0.05, 0.1) is 16.7 Å². The van der Waals surface area contributed by atoms with Crippen molar-refractivity contribution in [2.75, 3.05) is 11.1 Å². The SMILES string of the molecule is Cc1sc2nc(SCC(=O)Nc3cccc(C(F)(F)F)c3)n(C)c(=O)c2c1C. The summed E-state index contributed by atoms with van der Waals surface area (Å²) >= 11 is 2.46. The molecule has 3 rings (SSSR count). The number of benzene rings is 1. The lowest BCUT2D eigenvalue weighted by Crippen LogP contribution is -2.21. The normalized spacial score (nSPS) is 11.8. The molecule has 0 aliphatic heterocycles. The quantitative estimate of drug-likeness (QED) is 0.496. The van der Waals surface area contributed by atoms with Gasteiger partial charge in [-0.05, 0) is 37.6 Å². The summed E-state index contributed by atoms with van der Waals surface area (Å²) in [5, 5.41) is 3.38. The third kappa shape index (κ3) is 4.07. The summed E-state index contributed by atoms with van der Waals surface area (Å²) < 4.78 is 39.7. The number of nitrogens with zero attached hydrogens (tertiary/aromatic N) is 2. The molecule has 0 unspecified atom stereocenters. The molecule has 1 N–H and O–H groups in total. The maximum Gasteiger partial charge on any atom is 0.416 e. The van der Waals surface area contributed by atoms with Crippen molar-refractivity contribution in [2.24, 2.45) is 7.05 Å². The number of thiophene rings is 1. The zero-order valence-electron chi connectivity index (χ0n) is 15.2. The molecule has 0 aliphatic rings. The van der Waals surface area contributed by atoms with E-state index in [4.69, 9.17) is 0 Å². The Hall–Kier alpha value is -2.33. The third-order valence-electron chi connectivity index (χ3n) is 4.18.